The number of carbonyl (C=O) groups excluding carboxylic acids is 1. The lowest BCUT2D eigenvalue weighted by Gasteiger charge is -2.20. The molecule has 11 heteroatoms. The van der Waals surface area contributed by atoms with E-state index in [1.165, 1.54) is 83.5 Å². The molecular weight excluding hydrogens is 705 g/mol. The summed E-state index contributed by atoms with van der Waals surface area (Å²) in [7, 11) is -4.35. The van der Waals surface area contributed by atoms with Crippen molar-refractivity contribution in [3.63, 3.8) is 0 Å². The second-order valence-electron chi connectivity index (χ2n) is 13.9. The first-order valence-electron chi connectivity index (χ1n) is 21.0. The Bertz CT molecular complexity index is 1050. The molecule has 0 aromatic rings. The number of nitrogens with two attached hydrogens (primary N) is 1. The van der Waals surface area contributed by atoms with Gasteiger partial charge in [-0.2, -0.15) is 0 Å². The van der Waals surface area contributed by atoms with Crippen molar-refractivity contribution in [3.8, 4) is 0 Å². The van der Waals surface area contributed by atoms with E-state index in [0.717, 1.165) is 32.1 Å². The van der Waals surface area contributed by atoms with Crippen molar-refractivity contribution < 1.29 is 43.0 Å². The van der Waals surface area contributed by atoms with Crippen LogP contribution in [0.25, 0.3) is 0 Å². The van der Waals surface area contributed by atoms with Crippen molar-refractivity contribution in [2.75, 3.05) is 33.0 Å². The molecular formula is C43H78NO9P. The van der Waals surface area contributed by atoms with Crippen LogP contribution < -0.4 is 5.73 Å². The van der Waals surface area contributed by atoms with Gasteiger partial charge in [0.1, 0.15) is 6.10 Å². The molecule has 4 atom stereocenters. The second-order valence-corrected chi connectivity index (χ2v) is 15.3. The number of hydrogen-bond acceptors (Lipinski definition) is 9. The number of hydrogen-bond donors (Lipinski definition) is 4. The normalized spacial score (nSPS) is 15.3. The quantitative estimate of drug-likeness (QED) is 0.0155. The number of allylic oxidation sites excluding steroid dienone is 7. The van der Waals surface area contributed by atoms with Crippen LogP contribution in [-0.4, -0.2) is 72.4 Å². The average Bonchev–Trinajstić information content (AvgIpc) is 3.15. The van der Waals surface area contributed by atoms with Crippen LogP contribution in [0.1, 0.15) is 155 Å². The van der Waals surface area contributed by atoms with Gasteiger partial charge >= 0.3 is 13.8 Å². The van der Waals surface area contributed by atoms with E-state index in [1.807, 2.05) is 12.2 Å². The molecule has 0 saturated carbocycles. The van der Waals surface area contributed by atoms with Gasteiger partial charge in [0.25, 0.3) is 0 Å². The molecule has 0 aromatic carbocycles. The van der Waals surface area contributed by atoms with Crippen LogP contribution in [0.3, 0.4) is 0 Å². The van der Waals surface area contributed by atoms with E-state index >= 15 is 0 Å². The number of aliphatic hydroxyl groups is 2. The van der Waals surface area contributed by atoms with E-state index < -0.39 is 32.1 Å². The summed E-state index contributed by atoms with van der Waals surface area (Å²) in [6, 6.07) is 0. The minimum Gasteiger partial charge on any atom is -0.457 e. The zero-order valence-electron chi connectivity index (χ0n) is 33.9. The van der Waals surface area contributed by atoms with Crippen LogP contribution in [0.4, 0.5) is 0 Å². The lowest BCUT2D eigenvalue weighted by molar-refractivity contribution is -0.154. The fourth-order valence-electron chi connectivity index (χ4n) is 5.53. The summed E-state index contributed by atoms with van der Waals surface area (Å²) in [5.74, 6) is -0.516. The van der Waals surface area contributed by atoms with Crippen molar-refractivity contribution in [3.05, 3.63) is 60.8 Å². The van der Waals surface area contributed by atoms with Crippen molar-refractivity contribution >= 4 is 13.8 Å². The molecule has 4 unspecified atom stereocenters. The molecule has 0 fully saturated rings. The number of carbonyl (C=O) groups is 1. The molecule has 0 aromatic heterocycles. The smallest absolute Gasteiger partial charge is 0.457 e. The van der Waals surface area contributed by atoms with Crippen molar-refractivity contribution in [2.24, 2.45) is 5.73 Å². The van der Waals surface area contributed by atoms with Gasteiger partial charge in [-0.25, -0.2) is 4.57 Å². The van der Waals surface area contributed by atoms with E-state index in [1.54, 1.807) is 36.5 Å². The highest BCUT2D eigenvalue weighted by Crippen LogP contribution is 2.43. The topological polar surface area (TPSA) is 158 Å². The minimum absolute atomic E-state index is 0.0257. The molecule has 0 aliphatic rings. The first-order chi connectivity index (χ1) is 26.2. The maximum atomic E-state index is 12.6. The third kappa shape index (κ3) is 38.4. The van der Waals surface area contributed by atoms with Gasteiger partial charge in [-0.15, -0.1) is 0 Å². The van der Waals surface area contributed by atoms with Crippen LogP contribution in [0.2, 0.25) is 0 Å². The summed E-state index contributed by atoms with van der Waals surface area (Å²) < 4.78 is 33.2. The van der Waals surface area contributed by atoms with E-state index in [4.69, 9.17) is 24.3 Å². The number of phosphoric acid groups is 1. The molecule has 0 saturated heterocycles. The summed E-state index contributed by atoms with van der Waals surface area (Å²) in [5.41, 5.74) is 5.35. The van der Waals surface area contributed by atoms with Crippen LogP contribution in [0, 0.1) is 0 Å². The predicted molar refractivity (Wildman–Crippen MR) is 222 cm³/mol. The molecule has 10 nitrogen and oxygen atoms in total. The number of ether oxygens (including phenoxy) is 2. The molecule has 0 rings (SSSR count). The molecule has 0 radical (unpaired) electrons. The van der Waals surface area contributed by atoms with E-state index in [0.29, 0.717) is 25.9 Å². The second kappa shape index (κ2) is 39.4. The maximum Gasteiger partial charge on any atom is 0.472 e. The summed E-state index contributed by atoms with van der Waals surface area (Å²) in [6.45, 7) is 4.42. The highest BCUT2D eigenvalue weighted by molar-refractivity contribution is 7.47. The highest BCUT2D eigenvalue weighted by Gasteiger charge is 2.25. The third-order valence-electron chi connectivity index (χ3n) is 8.64. The summed E-state index contributed by atoms with van der Waals surface area (Å²) in [5, 5.41) is 20.3. The van der Waals surface area contributed by atoms with Crippen molar-refractivity contribution in [1.82, 2.24) is 0 Å². The summed E-state index contributed by atoms with van der Waals surface area (Å²) in [4.78, 5) is 22.5. The standard InChI is InChI=1S/C43H78NO9P/c1-3-5-7-9-11-12-13-14-15-16-17-18-19-20-24-28-36-50-38-42(39-52-54(48,49)51-37-35-44)53-43(47)34-29-33-41(46)32-27-23-22-26-31-40(45)30-25-21-10-8-6-4-2/h6,8,21-23,25-27,31-32,40-42,45-46H,3-5,7,9-20,24,28-30,33-39,44H2,1-2H3,(H,48,49)/b8-6-,23-22-,25-21-,31-26+,32-27+. The monoisotopic (exact) mass is 784 g/mol. The van der Waals surface area contributed by atoms with Gasteiger partial charge in [0.15, 0.2) is 0 Å². The van der Waals surface area contributed by atoms with Crippen molar-refractivity contribution in [1.29, 1.82) is 0 Å². The van der Waals surface area contributed by atoms with Gasteiger partial charge in [-0.1, -0.05) is 171 Å². The average molecular weight is 784 g/mol. The molecule has 314 valence electrons. The van der Waals surface area contributed by atoms with Crippen LogP contribution in [0.5, 0.6) is 0 Å². The summed E-state index contributed by atoms with van der Waals surface area (Å²) >= 11 is 0. The van der Waals surface area contributed by atoms with Crippen LogP contribution in [0.15, 0.2) is 60.8 Å². The highest BCUT2D eigenvalue weighted by atomic mass is 31.2. The molecule has 0 spiro atoms. The van der Waals surface area contributed by atoms with E-state index in [9.17, 15) is 24.5 Å². The zero-order chi connectivity index (χ0) is 39.8. The zero-order valence-corrected chi connectivity index (χ0v) is 34.8. The lowest BCUT2D eigenvalue weighted by atomic mass is 10.0. The number of phosphoric ester groups is 1. The number of esters is 1. The summed E-state index contributed by atoms with van der Waals surface area (Å²) in [6.07, 6.45) is 40.1. The Hall–Kier alpha value is -1.88. The molecule has 0 aliphatic carbocycles. The minimum atomic E-state index is -4.35. The van der Waals surface area contributed by atoms with Gasteiger partial charge in [-0.05, 0) is 38.5 Å². The third-order valence-corrected chi connectivity index (χ3v) is 9.62. The van der Waals surface area contributed by atoms with E-state index in [2.05, 4.69) is 26.0 Å². The molecule has 0 heterocycles. The first kappa shape index (κ1) is 52.1. The van der Waals surface area contributed by atoms with Gasteiger partial charge in [-0.3, -0.25) is 13.8 Å². The predicted octanol–water partition coefficient (Wildman–Crippen LogP) is 10.1. The SMILES string of the molecule is CC/C=C\C/C=C\CC(O)/C=C/C=C\C=C\C(O)CCCC(=O)OC(COCCCCCCCCCCCCCCCCCC)COP(=O)(O)OCCN. The molecule has 0 aliphatic heterocycles. The number of rotatable bonds is 39. The Kier molecular flexibility index (Phi) is 38.0. The number of unbranched alkanes of at least 4 members (excludes halogenated alkanes) is 15. The number of aliphatic hydroxyl groups excluding tert-OH is 2. The molecule has 0 amide bonds. The van der Waals surface area contributed by atoms with Gasteiger partial charge < -0.3 is 30.3 Å². The largest absolute Gasteiger partial charge is 0.472 e. The fourth-order valence-corrected chi connectivity index (χ4v) is 6.29. The maximum absolute atomic E-state index is 12.6. The first-order valence-corrected chi connectivity index (χ1v) is 22.5. The van der Waals surface area contributed by atoms with Gasteiger partial charge in [0, 0.05) is 19.6 Å². The van der Waals surface area contributed by atoms with Crippen molar-refractivity contribution in [2.45, 2.75) is 173 Å². The van der Waals surface area contributed by atoms with E-state index in [-0.39, 0.29) is 32.8 Å². The van der Waals surface area contributed by atoms with Gasteiger partial charge in [0.2, 0.25) is 0 Å². The Morgan fingerprint density at radius 2 is 1.22 bits per heavy atom. The lowest BCUT2D eigenvalue weighted by Crippen LogP contribution is -2.28. The Morgan fingerprint density at radius 1 is 0.667 bits per heavy atom. The molecule has 5 N–H and O–H groups in total. The molecule has 54 heavy (non-hydrogen) atoms. The fraction of sp³-hybridized carbons (Fsp3) is 0.744. The Morgan fingerprint density at radius 3 is 1.80 bits per heavy atom. The molecule has 0 bridgehead atoms. The Balaban J connectivity index is 4.32. The van der Waals surface area contributed by atoms with Crippen LogP contribution in [-0.2, 0) is 27.9 Å². The Labute approximate surface area is 329 Å². The van der Waals surface area contributed by atoms with Gasteiger partial charge in [0.05, 0.1) is 32.0 Å². The van der Waals surface area contributed by atoms with Crippen LogP contribution >= 0.6 is 7.82 Å².